The molecule has 0 fully saturated rings. The Labute approximate surface area is 153 Å². The summed E-state index contributed by atoms with van der Waals surface area (Å²) in [5, 5.41) is 4.87. The van der Waals surface area contributed by atoms with Gasteiger partial charge in [0.05, 0.1) is 0 Å². The van der Waals surface area contributed by atoms with Gasteiger partial charge in [-0.2, -0.15) is 0 Å². The molecule has 22 heavy (non-hydrogen) atoms. The van der Waals surface area contributed by atoms with Crippen LogP contribution in [0.15, 0.2) is 10.8 Å². The topological polar surface area (TPSA) is 0 Å². The predicted molar refractivity (Wildman–Crippen MR) is 105 cm³/mol. The molecule has 0 nitrogen and oxygen atoms in total. The molecule has 0 aliphatic rings. The van der Waals surface area contributed by atoms with Gasteiger partial charge < -0.3 is 0 Å². The van der Waals surface area contributed by atoms with Gasteiger partial charge in [-0.3, -0.25) is 0 Å². The van der Waals surface area contributed by atoms with Crippen LogP contribution in [0.1, 0.15) is 97.5 Å². The first kappa shape index (κ1) is 20.5. The summed E-state index contributed by atoms with van der Waals surface area (Å²) in [6.45, 7) is 9.55. The first-order chi connectivity index (χ1) is 10.5. The monoisotopic (exact) mass is 428 g/mol. The van der Waals surface area contributed by atoms with Crippen molar-refractivity contribution in [1.82, 2.24) is 0 Å². The normalized spacial score (nSPS) is 12.0. The molecule has 1 heterocycles. The molecule has 0 unspecified atom stereocenters. The van der Waals surface area contributed by atoms with Gasteiger partial charge in [-0.25, -0.2) is 0 Å². The maximum atomic E-state index is 2.45. The van der Waals surface area contributed by atoms with Gasteiger partial charge in [0.2, 0.25) is 0 Å². The number of aryl methyl sites for hydroxylation is 1. The minimum atomic E-state index is -0.406. The first-order valence-corrected chi connectivity index (χ1v) is 13.2. The van der Waals surface area contributed by atoms with Crippen LogP contribution in [0.2, 0.25) is 3.43 Å². The van der Waals surface area contributed by atoms with Crippen molar-refractivity contribution in [3.8, 4) is 0 Å². The van der Waals surface area contributed by atoms with Crippen molar-refractivity contribution in [2.45, 2.75) is 102 Å². The van der Waals surface area contributed by atoms with Crippen LogP contribution in [0.25, 0.3) is 0 Å². The van der Waals surface area contributed by atoms with Crippen molar-refractivity contribution in [3.05, 3.63) is 16.3 Å². The number of hydrogen-bond donors (Lipinski definition) is 0. The Morgan fingerprint density at radius 2 is 1.36 bits per heavy atom. The Hall–Kier alpha value is 0.499. The third-order valence-corrected chi connectivity index (χ3v) is 9.68. The molecule has 0 spiro atoms. The van der Waals surface area contributed by atoms with E-state index in [2.05, 4.69) is 38.5 Å². The zero-order valence-corrected chi connectivity index (χ0v) is 19.0. The zero-order chi connectivity index (χ0) is 16.3. The second-order valence-electron chi connectivity index (χ2n) is 7.62. The van der Waals surface area contributed by atoms with Crippen LogP contribution >= 0.6 is 11.3 Å². The average molecular weight is 427 g/mol. The van der Waals surface area contributed by atoms with Gasteiger partial charge in [-0.05, 0) is 0 Å². The van der Waals surface area contributed by atoms with Gasteiger partial charge >= 0.3 is 141 Å². The number of hydrogen-bond acceptors (Lipinski definition) is 1. The molecule has 0 aromatic carbocycles. The van der Waals surface area contributed by atoms with Crippen LogP contribution in [0.5, 0.6) is 0 Å². The zero-order valence-electron chi connectivity index (χ0n) is 15.3. The van der Waals surface area contributed by atoms with Gasteiger partial charge in [-0.1, -0.05) is 13.3 Å². The molecule has 2 radical (unpaired) electrons. The van der Waals surface area contributed by atoms with Crippen LogP contribution in [0.3, 0.4) is 0 Å². The number of unbranched alkanes of at least 4 members (excludes halogenated alkanes) is 9. The molecule has 0 amide bonds. The molecule has 0 aliphatic heterocycles. The predicted octanol–water partition coefficient (Wildman–Crippen LogP) is 6.76. The van der Waals surface area contributed by atoms with Gasteiger partial charge in [0, 0.05) is 0 Å². The fourth-order valence-electron chi connectivity index (χ4n) is 2.83. The third kappa shape index (κ3) is 10.3. The van der Waals surface area contributed by atoms with E-state index in [0.29, 0.717) is 3.43 Å². The van der Waals surface area contributed by atoms with E-state index >= 15 is 0 Å². The number of thiophene rings is 1. The minimum absolute atomic E-state index is 0.406. The second kappa shape index (κ2) is 11.9. The summed E-state index contributed by atoms with van der Waals surface area (Å²) in [5.74, 6) is 0. The van der Waals surface area contributed by atoms with E-state index in [9.17, 15) is 0 Å². The molecule has 0 atom stereocenters. The molecular formula is C20H36SSn. The SMILES string of the molecule is CCCCCCCCCCCCc1csc[c]1[Sn][C](C)(C)C. The Balaban J connectivity index is 2.04. The van der Waals surface area contributed by atoms with E-state index in [1.165, 1.54) is 70.6 Å². The van der Waals surface area contributed by atoms with E-state index in [0.717, 1.165) is 0 Å². The fraction of sp³-hybridized carbons (Fsp3) is 0.800. The van der Waals surface area contributed by atoms with Gasteiger partial charge in [0.25, 0.3) is 0 Å². The molecule has 0 saturated heterocycles. The van der Waals surface area contributed by atoms with E-state index < -0.39 is 21.1 Å². The third-order valence-electron chi connectivity index (χ3n) is 4.05. The molecule has 1 aromatic heterocycles. The van der Waals surface area contributed by atoms with Crippen LogP contribution in [0, 0.1) is 0 Å². The summed E-state index contributed by atoms with van der Waals surface area (Å²) >= 11 is 1.52. The maximum absolute atomic E-state index is 2.45. The van der Waals surface area contributed by atoms with Crippen molar-refractivity contribution in [1.29, 1.82) is 0 Å². The standard InChI is InChI=1S/C16H27S.C4H9.Sn/c1-2-3-4-5-6-7-8-9-10-11-12-16-13-14-17-15-16;1-4(2)3;/h14-15H,2-12H2,1H3;1-3H3;. The Morgan fingerprint density at radius 1 is 0.818 bits per heavy atom. The first-order valence-electron chi connectivity index (χ1n) is 9.36. The molecule has 2 heteroatoms. The Kier molecular flexibility index (Phi) is 11.2. The van der Waals surface area contributed by atoms with Crippen LogP contribution in [0.4, 0.5) is 0 Å². The Bertz CT molecular complexity index is 375. The van der Waals surface area contributed by atoms with Crippen LogP contribution in [-0.4, -0.2) is 21.1 Å². The van der Waals surface area contributed by atoms with Crippen molar-refractivity contribution in [2.75, 3.05) is 0 Å². The summed E-state index contributed by atoms with van der Waals surface area (Å²) in [6, 6.07) is 0. The van der Waals surface area contributed by atoms with Gasteiger partial charge in [0.1, 0.15) is 0 Å². The average Bonchev–Trinajstić information content (AvgIpc) is 2.86. The summed E-state index contributed by atoms with van der Waals surface area (Å²) in [7, 11) is 0. The van der Waals surface area contributed by atoms with Crippen molar-refractivity contribution < 1.29 is 0 Å². The van der Waals surface area contributed by atoms with Crippen LogP contribution in [-0.2, 0) is 6.42 Å². The number of rotatable bonds is 12. The molecular weight excluding hydrogens is 391 g/mol. The summed E-state index contributed by atoms with van der Waals surface area (Å²) in [6.07, 6.45) is 15.7. The second-order valence-corrected chi connectivity index (χ2v) is 14.9. The van der Waals surface area contributed by atoms with Gasteiger partial charge in [-0.15, -0.1) is 0 Å². The molecule has 126 valence electrons. The van der Waals surface area contributed by atoms with Crippen molar-refractivity contribution in [2.24, 2.45) is 0 Å². The molecule has 0 bridgehead atoms. The molecule has 0 aliphatic carbocycles. The molecule has 1 aromatic rings. The van der Waals surface area contributed by atoms with E-state index in [1.54, 1.807) is 9.14 Å². The van der Waals surface area contributed by atoms with Gasteiger partial charge in [0.15, 0.2) is 0 Å². The summed E-state index contributed by atoms with van der Waals surface area (Å²) in [4.78, 5) is 0. The van der Waals surface area contributed by atoms with E-state index in [4.69, 9.17) is 0 Å². The molecule has 0 saturated carbocycles. The summed E-state index contributed by atoms with van der Waals surface area (Å²) < 4.78 is 2.36. The van der Waals surface area contributed by atoms with Crippen LogP contribution < -0.4 is 3.58 Å². The van der Waals surface area contributed by atoms with E-state index in [-0.39, 0.29) is 0 Å². The molecule has 0 N–H and O–H groups in total. The van der Waals surface area contributed by atoms with E-state index in [1.807, 2.05) is 11.3 Å². The summed E-state index contributed by atoms with van der Waals surface area (Å²) in [5.41, 5.74) is 1.70. The van der Waals surface area contributed by atoms with Crippen molar-refractivity contribution >= 4 is 36.1 Å². The van der Waals surface area contributed by atoms with Crippen molar-refractivity contribution in [3.63, 3.8) is 0 Å². The fourth-order valence-corrected chi connectivity index (χ4v) is 8.37. The quantitative estimate of drug-likeness (QED) is 0.255. The Morgan fingerprint density at radius 3 is 1.91 bits per heavy atom. The molecule has 1 rings (SSSR count).